The van der Waals surface area contributed by atoms with E-state index in [1.165, 1.54) is 12.1 Å². The van der Waals surface area contributed by atoms with Crippen molar-refractivity contribution >= 4 is 22.3 Å². The van der Waals surface area contributed by atoms with Gasteiger partial charge in [0.1, 0.15) is 11.5 Å². The lowest BCUT2D eigenvalue weighted by atomic mass is 10.1. The van der Waals surface area contributed by atoms with E-state index in [9.17, 15) is 9.18 Å². The molecule has 25 heavy (non-hydrogen) atoms. The number of hydrogen-bond donors (Lipinski definition) is 2. The molecule has 0 unspecified atom stereocenters. The number of aryl methyl sites for hydroxylation is 2. The number of ketones is 1. The molecule has 0 atom stereocenters. The van der Waals surface area contributed by atoms with E-state index in [1.54, 1.807) is 30.4 Å². The maximum absolute atomic E-state index is 13.0. The first kappa shape index (κ1) is 17.4. The van der Waals surface area contributed by atoms with Crippen LogP contribution in [-0.4, -0.2) is 15.8 Å². The standard InChI is InChI=1S/C19H20FN3OS/c1-10-16(12(3)24)11(2)22-17(10)18-13(4)25-19(23-18)21-9-14-5-7-15(20)8-6-14/h5-8,22H,9H2,1-4H3,(H,21,23). The van der Waals surface area contributed by atoms with Crippen LogP contribution in [0.2, 0.25) is 0 Å². The lowest BCUT2D eigenvalue weighted by Crippen LogP contribution is -1.99. The molecule has 6 heteroatoms. The third kappa shape index (κ3) is 3.49. The van der Waals surface area contributed by atoms with Crippen LogP contribution in [0.1, 0.15) is 39.0 Å². The van der Waals surface area contributed by atoms with Crippen LogP contribution in [0.25, 0.3) is 11.4 Å². The van der Waals surface area contributed by atoms with Crippen molar-refractivity contribution in [3.05, 3.63) is 57.3 Å². The van der Waals surface area contributed by atoms with Crippen molar-refractivity contribution in [2.75, 3.05) is 5.32 Å². The minimum absolute atomic E-state index is 0.0556. The van der Waals surface area contributed by atoms with E-state index >= 15 is 0 Å². The summed E-state index contributed by atoms with van der Waals surface area (Å²) < 4.78 is 13.0. The van der Waals surface area contributed by atoms with Gasteiger partial charge in [-0.05, 0) is 51.0 Å². The molecule has 0 amide bonds. The van der Waals surface area contributed by atoms with Gasteiger partial charge in [-0.2, -0.15) is 0 Å². The number of rotatable bonds is 5. The topological polar surface area (TPSA) is 57.8 Å². The zero-order valence-corrected chi connectivity index (χ0v) is 15.5. The number of nitrogens with one attached hydrogen (secondary N) is 2. The Bertz CT molecular complexity index is 925. The highest BCUT2D eigenvalue weighted by Gasteiger charge is 2.20. The summed E-state index contributed by atoms with van der Waals surface area (Å²) in [7, 11) is 0. The second kappa shape index (κ2) is 6.80. The highest BCUT2D eigenvalue weighted by atomic mass is 32.1. The van der Waals surface area contributed by atoms with Gasteiger partial charge in [0.2, 0.25) is 0 Å². The fraction of sp³-hybridized carbons (Fsp3) is 0.263. The van der Waals surface area contributed by atoms with E-state index in [-0.39, 0.29) is 11.6 Å². The molecule has 0 fully saturated rings. The van der Waals surface area contributed by atoms with Crippen molar-refractivity contribution < 1.29 is 9.18 Å². The van der Waals surface area contributed by atoms with Gasteiger partial charge in [0.25, 0.3) is 0 Å². The Kier molecular flexibility index (Phi) is 4.72. The lowest BCUT2D eigenvalue weighted by molar-refractivity contribution is 0.101. The second-order valence-electron chi connectivity index (χ2n) is 6.09. The van der Waals surface area contributed by atoms with Gasteiger partial charge in [-0.25, -0.2) is 9.37 Å². The normalized spacial score (nSPS) is 10.9. The summed E-state index contributed by atoms with van der Waals surface area (Å²) in [4.78, 5) is 20.9. The Morgan fingerprint density at radius 1 is 1.24 bits per heavy atom. The lowest BCUT2D eigenvalue weighted by Gasteiger charge is -2.02. The molecule has 2 heterocycles. The average Bonchev–Trinajstić information content (AvgIpc) is 3.06. The number of H-pyrrole nitrogens is 1. The van der Waals surface area contributed by atoms with E-state index < -0.39 is 0 Å². The number of anilines is 1. The van der Waals surface area contributed by atoms with Crippen LogP contribution in [0, 0.1) is 26.6 Å². The van der Waals surface area contributed by atoms with Gasteiger partial charge in [-0.3, -0.25) is 4.79 Å². The zero-order chi connectivity index (χ0) is 18.1. The number of aromatic amines is 1. The van der Waals surface area contributed by atoms with Gasteiger partial charge in [0.05, 0.1) is 5.69 Å². The molecule has 3 rings (SSSR count). The van der Waals surface area contributed by atoms with Crippen LogP contribution in [-0.2, 0) is 6.54 Å². The molecular formula is C19H20FN3OS. The number of carbonyl (C=O) groups is 1. The number of thiazole rings is 1. The summed E-state index contributed by atoms with van der Waals surface area (Å²) >= 11 is 1.56. The number of benzene rings is 1. The molecule has 2 N–H and O–H groups in total. The largest absolute Gasteiger partial charge is 0.357 e. The van der Waals surface area contributed by atoms with Gasteiger partial charge in [-0.1, -0.05) is 12.1 Å². The van der Waals surface area contributed by atoms with Crippen LogP contribution in [0.4, 0.5) is 9.52 Å². The SMILES string of the molecule is CC(=O)c1c(C)[nH]c(-c2nc(NCc3ccc(F)cc3)sc2C)c1C. The van der Waals surface area contributed by atoms with Gasteiger partial charge in [0.15, 0.2) is 10.9 Å². The molecule has 0 radical (unpaired) electrons. The highest BCUT2D eigenvalue weighted by molar-refractivity contribution is 7.16. The summed E-state index contributed by atoms with van der Waals surface area (Å²) in [6.45, 7) is 8.02. The Hall–Kier alpha value is -2.47. The van der Waals surface area contributed by atoms with Crippen LogP contribution >= 0.6 is 11.3 Å². The van der Waals surface area contributed by atoms with E-state index in [2.05, 4.69) is 15.3 Å². The first-order valence-electron chi connectivity index (χ1n) is 8.03. The zero-order valence-electron chi connectivity index (χ0n) is 14.7. The summed E-state index contributed by atoms with van der Waals surface area (Å²) in [6, 6.07) is 6.40. The number of nitrogens with zero attached hydrogens (tertiary/aromatic N) is 1. The van der Waals surface area contributed by atoms with Crippen molar-refractivity contribution in [2.24, 2.45) is 0 Å². The van der Waals surface area contributed by atoms with E-state index in [4.69, 9.17) is 0 Å². The quantitative estimate of drug-likeness (QED) is 0.631. The number of Topliss-reactive ketones (excluding diaryl/α,β-unsaturated/α-hetero) is 1. The van der Waals surface area contributed by atoms with Crippen LogP contribution in [0.3, 0.4) is 0 Å². The molecule has 0 aliphatic carbocycles. The first-order valence-corrected chi connectivity index (χ1v) is 8.84. The third-order valence-corrected chi connectivity index (χ3v) is 5.11. The summed E-state index contributed by atoms with van der Waals surface area (Å²) in [6.07, 6.45) is 0. The Morgan fingerprint density at radius 3 is 2.52 bits per heavy atom. The Labute approximate surface area is 150 Å². The molecule has 0 aliphatic heterocycles. The molecule has 0 bridgehead atoms. The fourth-order valence-corrected chi connectivity index (χ4v) is 3.81. The molecular weight excluding hydrogens is 337 g/mol. The Morgan fingerprint density at radius 2 is 1.92 bits per heavy atom. The van der Waals surface area contributed by atoms with E-state index in [1.807, 2.05) is 20.8 Å². The van der Waals surface area contributed by atoms with Crippen LogP contribution < -0.4 is 5.32 Å². The van der Waals surface area contributed by atoms with Crippen LogP contribution in [0.5, 0.6) is 0 Å². The minimum Gasteiger partial charge on any atom is -0.357 e. The van der Waals surface area contributed by atoms with Gasteiger partial charge < -0.3 is 10.3 Å². The predicted molar refractivity (Wildman–Crippen MR) is 99.8 cm³/mol. The van der Waals surface area contributed by atoms with Crippen molar-refractivity contribution in [1.82, 2.24) is 9.97 Å². The van der Waals surface area contributed by atoms with E-state index in [0.29, 0.717) is 6.54 Å². The van der Waals surface area contributed by atoms with Crippen molar-refractivity contribution in [1.29, 1.82) is 0 Å². The highest BCUT2D eigenvalue weighted by Crippen LogP contribution is 2.34. The molecule has 4 nitrogen and oxygen atoms in total. The summed E-state index contributed by atoms with van der Waals surface area (Å²) in [5.41, 5.74) is 5.28. The molecule has 1 aromatic carbocycles. The predicted octanol–water partition coefficient (Wildman–Crippen LogP) is 5.02. The van der Waals surface area contributed by atoms with Crippen molar-refractivity contribution in [2.45, 2.75) is 34.2 Å². The maximum atomic E-state index is 13.0. The summed E-state index contributed by atoms with van der Waals surface area (Å²) in [5.74, 6) is -0.185. The first-order chi connectivity index (χ1) is 11.9. The molecule has 130 valence electrons. The summed E-state index contributed by atoms with van der Waals surface area (Å²) in [5, 5.41) is 4.08. The number of halogens is 1. The maximum Gasteiger partial charge on any atom is 0.183 e. The molecule has 0 saturated carbocycles. The number of hydrogen-bond acceptors (Lipinski definition) is 4. The van der Waals surface area contributed by atoms with Gasteiger partial charge in [-0.15, -0.1) is 11.3 Å². The fourth-order valence-electron chi connectivity index (χ4n) is 3.00. The third-order valence-electron chi connectivity index (χ3n) is 4.18. The van der Waals surface area contributed by atoms with E-state index in [0.717, 1.165) is 43.8 Å². The number of carbonyl (C=O) groups excluding carboxylic acids is 1. The van der Waals surface area contributed by atoms with Crippen molar-refractivity contribution in [3.63, 3.8) is 0 Å². The molecule has 3 aromatic rings. The molecule has 0 saturated heterocycles. The van der Waals surface area contributed by atoms with Crippen molar-refractivity contribution in [3.8, 4) is 11.4 Å². The Balaban J connectivity index is 1.84. The monoisotopic (exact) mass is 357 g/mol. The van der Waals surface area contributed by atoms with Gasteiger partial charge in [0, 0.05) is 22.7 Å². The second-order valence-corrected chi connectivity index (χ2v) is 7.29. The molecule has 2 aromatic heterocycles. The molecule has 0 aliphatic rings. The smallest absolute Gasteiger partial charge is 0.183 e. The minimum atomic E-state index is -0.241. The average molecular weight is 357 g/mol. The molecule has 0 spiro atoms. The van der Waals surface area contributed by atoms with Gasteiger partial charge >= 0.3 is 0 Å². The van der Waals surface area contributed by atoms with Crippen LogP contribution in [0.15, 0.2) is 24.3 Å². The number of aromatic nitrogens is 2.